The summed E-state index contributed by atoms with van der Waals surface area (Å²) in [6, 6.07) is 14.6. The number of anilines is 1. The van der Waals surface area contributed by atoms with Crippen LogP contribution in [0.2, 0.25) is 0 Å². The third-order valence-electron chi connectivity index (χ3n) is 4.84. The number of nitrogens with one attached hydrogen (secondary N) is 1. The Bertz CT molecular complexity index is 906. The second kappa shape index (κ2) is 9.58. The van der Waals surface area contributed by atoms with Crippen molar-refractivity contribution >= 4 is 33.4 Å². The lowest BCUT2D eigenvalue weighted by molar-refractivity contribution is -0.113. The molecule has 3 rings (SSSR count). The van der Waals surface area contributed by atoms with Gasteiger partial charge in [0.15, 0.2) is 0 Å². The maximum atomic E-state index is 12.7. The number of aryl methyl sites for hydroxylation is 1. The lowest BCUT2D eigenvalue weighted by Gasteiger charge is -2.25. The molecule has 1 N–H and O–H groups in total. The summed E-state index contributed by atoms with van der Waals surface area (Å²) in [6.07, 6.45) is 2.90. The van der Waals surface area contributed by atoms with Gasteiger partial charge < -0.3 is 5.32 Å². The van der Waals surface area contributed by atoms with Gasteiger partial charge in [-0.1, -0.05) is 30.7 Å². The molecule has 5 nitrogen and oxygen atoms in total. The van der Waals surface area contributed by atoms with Crippen molar-refractivity contribution in [1.29, 1.82) is 0 Å². The summed E-state index contributed by atoms with van der Waals surface area (Å²) >= 11 is 1.56. The topological polar surface area (TPSA) is 66.5 Å². The number of hydrogen-bond donors (Lipinski definition) is 1. The first-order valence-corrected chi connectivity index (χ1v) is 12.1. The molecule has 0 spiro atoms. The highest BCUT2D eigenvalue weighted by Crippen LogP contribution is 2.22. The third-order valence-corrected chi connectivity index (χ3v) is 7.74. The zero-order valence-electron chi connectivity index (χ0n) is 16.1. The predicted molar refractivity (Wildman–Crippen MR) is 115 cm³/mol. The largest absolute Gasteiger partial charge is 0.325 e. The van der Waals surface area contributed by atoms with E-state index in [1.807, 2.05) is 12.1 Å². The minimum Gasteiger partial charge on any atom is -0.325 e. The molecule has 0 bridgehead atoms. The molecule has 1 aliphatic rings. The normalized spacial score (nSPS) is 15.3. The Morgan fingerprint density at radius 2 is 1.71 bits per heavy atom. The first-order valence-electron chi connectivity index (χ1n) is 9.49. The number of amides is 1. The number of rotatable bonds is 7. The second-order valence-electron chi connectivity index (χ2n) is 6.96. The van der Waals surface area contributed by atoms with Gasteiger partial charge in [0.2, 0.25) is 15.9 Å². The molecule has 2 aromatic rings. The summed E-state index contributed by atoms with van der Waals surface area (Å²) in [4.78, 5) is 12.4. The summed E-state index contributed by atoms with van der Waals surface area (Å²) in [5.41, 5.74) is 3.06. The van der Waals surface area contributed by atoms with Crippen molar-refractivity contribution in [2.24, 2.45) is 0 Å². The molecule has 0 radical (unpaired) electrons. The molecule has 2 aromatic carbocycles. The zero-order chi connectivity index (χ0) is 20.0. The average molecular weight is 419 g/mol. The van der Waals surface area contributed by atoms with E-state index in [9.17, 15) is 13.2 Å². The molecule has 1 amide bonds. The van der Waals surface area contributed by atoms with Crippen molar-refractivity contribution in [1.82, 2.24) is 4.31 Å². The number of nitrogens with zero attached hydrogens (tertiary/aromatic N) is 1. The van der Waals surface area contributed by atoms with Gasteiger partial charge in [-0.05, 0) is 55.2 Å². The molecule has 7 heteroatoms. The predicted octanol–water partition coefficient (Wildman–Crippen LogP) is 4.04. The molecule has 1 heterocycles. The number of piperidine rings is 1. The number of benzene rings is 2. The van der Waals surface area contributed by atoms with E-state index in [0.717, 1.165) is 25.0 Å². The van der Waals surface area contributed by atoms with Crippen LogP contribution in [-0.4, -0.2) is 37.5 Å². The number of thioether (sulfide) groups is 1. The Labute approximate surface area is 171 Å². The average Bonchev–Trinajstić information content (AvgIpc) is 2.70. The molecular weight excluding hydrogens is 392 g/mol. The van der Waals surface area contributed by atoms with E-state index >= 15 is 0 Å². The van der Waals surface area contributed by atoms with Gasteiger partial charge in [-0.2, -0.15) is 4.31 Å². The van der Waals surface area contributed by atoms with Crippen LogP contribution in [-0.2, 0) is 20.6 Å². The van der Waals surface area contributed by atoms with E-state index in [4.69, 9.17) is 0 Å². The van der Waals surface area contributed by atoms with Crippen molar-refractivity contribution < 1.29 is 13.2 Å². The lowest BCUT2D eigenvalue weighted by Crippen LogP contribution is -2.35. The SMILES string of the molecule is Cc1ccccc1CSCC(=O)Nc1ccc(S(=O)(=O)N2CCCCC2)cc1. The Kier molecular flexibility index (Phi) is 7.15. The lowest BCUT2D eigenvalue weighted by atomic mass is 10.1. The van der Waals surface area contributed by atoms with Crippen molar-refractivity contribution in [3.8, 4) is 0 Å². The van der Waals surface area contributed by atoms with E-state index in [1.165, 1.54) is 11.1 Å². The summed E-state index contributed by atoms with van der Waals surface area (Å²) < 4.78 is 26.9. The Balaban J connectivity index is 1.52. The minimum absolute atomic E-state index is 0.0924. The van der Waals surface area contributed by atoms with Crippen LogP contribution in [0.5, 0.6) is 0 Å². The van der Waals surface area contributed by atoms with Crippen LogP contribution in [0.3, 0.4) is 0 Å². The minimum atomic E-state index is -3.44. The summed E-state index contributed by atoms with van der Waals surface area (Å²) in [7, 11) is -3.44. The molecule has 1 fully saturated rings. The molecule has 0 aromatic heterocycles. The highest BCUT2D eigenvalue weighted by atomic mass is 32.2. The van der Waals surface area contributed by atoms with Crippen LogP contribution >= 0.6 is 11.8 Å². The van der Waals surface area contributed by atoms with E-state index < -0.39 is 10.0 Å². The quantitative estimate of drug-likeness (QED) is 0.737. The van der Waals surface area contributed by atoms with Gasteiger partial charge in [0, 0.05) is 24.5 Å². The van der Waals surface area contributed by atoms with Crippen molar-refractivity contribution in [2.75, 3.05) is 24.2 Å². The molecule has 0 atom stereocenters. The summed E-state index contributed by atoms with van der Waals surface area (Å²) in [5, 5.41) is 2.83. The van der Waals surface area contributed by atoms with Crippen LogP contribution in [0.4, 0.5) is 5.69 Å². The zero-order valence-corrected chi connectivity index (χ0v) is 17.7. The fourth-order valence-electron chi connectivity index (χ4n) is 3.19. The molecular formula is C21H26N2O3S2. The molecule has 1 aliphatic heterocycles. The van der Waals surface area contributed by atoms with E-state index in [-0.39, 0.29) is 10.8 Å². The van der Waals surface area contributed by atoms with Crippen LogP contribution in [0, 0.1) is 6.92 Å². The molecule has 0 unspecified atom stereocenters. The maximum Gasteiger partial charge on any atom is 0.243 e. The number of sulfonamides is 1. The van der Waals surface area contributed by atoms with Crippen molar-refractivity contribution in [3.63, 3.8) is 0 Å². The first-order chi connectivity index (χ1) is 13.5. The highest BCUT2D eigenvalue weighted by Gasteiger charge is 2.25. The number of hydrogen-bond acceptors (Lipinski definition) is 4. The fourth-order valence-corrected chi connectivity index (χ4v) is 5.61. The van der Waals surface area contributed by atoms with Crippen LogP contribution < -0.4 is 5.32 Å². The molecule has 0 saturated carbocycles. The molecule has 150 valence electrons. The molecule has 0 aliphatic carbocycles. The van der Waals surface area contributed by atoms with E-state index in [2.05, 4.69) is 24.4 Å². The molecule has 28 heavy (non-hydrogen) atoms. The fraction of sp³-hybridized carbons (Fsp3) is 0.381. The van der Waals surface area contributed by atoms with Crippen LogP contribution in [0.25, 0.3) is 0 Å². The van der Waals surface area contributed by atoms with Gasteiger partial charge in [0.05, 0.1) is 10.6 Å². The van der Waals surface area contributed by atoms with Gasteiger partial charge in [-0.3, -0.25) is 4.79 Å². The van der Waals surface area contributed by atoms with E-state index in [0.29, 0.717) is 24.5 Å². The maximum absolute atomic E-state index is 12.7. The van der Waals surface area contributed by atoms with Gasteiger partial charge in [-0.25, -0.2) is 8.42 Å². The standard InChI is InChI=1S/C21H26N2O3S2/c1-17-7-3-4-8-18(17)15-27-16-21(24)22-19-9-11-20(12-10-19)28(25,26)23-13-5-2-6-14-23/h3-4,7-12H,2,5-6,13-16H2,1H3,(H,22,24). The Morgan fingerprint density at radius 3 is 2.39 bits per heavy atom. The van der Waals surface area contributed by atoms with Gasteiger partial charge in [0.25, 0.3) is 0 Å². The molecule has 1 saturated heterocycles. The second-order valence-corrected chi connectivity index (χ2v) is 9.88. The number of carbonyl (C=O) groups excluding carboxylic acids is 1. The van der Waals surface area contributed by atoms with Gasteiger partial charge in [0.1, 0.15) is 0 Å². The Morgan fingerprint density at radius 1 is 1.04 bits per heavy atom. The smallest absolute Gasteiger partial charge is 0.243 e. The Hall–Kier alpha value is -1.83. The van der Waals surface area contributed by atoms with Crippen molar-refractivity contribution in [2.45, 2.75) is 36.8 Å². The number of carbonyl (C=O) groups is 1. The monoisotopic (exact) mass is 418 g/mol. The van der Waals surface area contributed by atoms with Crippen molar-refractivity contribution in [3.05, 3.63) is 59.7 Å². The van der Waals surface area contributed by atoms with Gasteiger partial charge in [-0.15, -0.1) is 11.8 Å². The summed E-state index contributed by atoms with van der Waals surface area (Å²) in [6.45, 7) is 3.23. The third kappa shape index (κ3) is 5.37. The van der Waals surface area contributed by atoms with E-state index in [1.54, 1.807) is 40.3 Å². The summed E-state index contributed by atoms with van der Waals surface area (Å²) in [5.74, 6) is 1.04. The van der Waals surface area contributed by atoms with Crippen LogP contribution in [0.15, 0.2) is 53.4 Å². The van der Waals surface area contributed by atoms with Crippen LogP contribution in [0.1, 0.15) is 30.4 Å². The van der Waals surface area contributed by atoms with Gasteiger partial charge >= 0.3 is 0 Å². The highest BCUT2D eigenvalue weighted by molar-refractivity contribution is 7.99. The first kappa shape index (κ1) is 20.9.